The molecular formula is C11H18N2OS. The van der Waals surface area contributed by atoms with Gasteiger partial charge in [-0.15, -0.1) is 0 Å². The Kier molecular flexibility index (Phi) is 3.38. The van der Waals surface area contributed by atoms with Gasteiger partial charge in [-0.3, -0.25) is 4.90 Å². The largest absolute Gasteiger partial charge is 0.472 e. The van der Waals surface area contributed by atoms with Crippen molar-refractivity contribution in [3.05, 3.63) is 24.2 Å². The standard InChI is InChI=1S/C11H18N2OS/c1-13(6-10-2-4-14-7-10)11(8-12)3-5-15-9-11/h2,4,7H,3,5-6,8-9,12H2,1H3. The number of hydrogen-bond donors (Lipinski definition) is 1. The molecule has 84 valence electrons. The topological polar surface area (TPSA) is 42.4 Å². The molecule has 1 atom stereocenters. The summed E-state index contributed by atoms with van der Waals surface area (Å²) in [5.41, 5.74) is 7.34. The molecule has 1 aliphatic heterocycles. The van der Waals surface area contributed by atoms with Crippen LogP contribution in [0.2, 0.25) is 0 Å². The molecule has 0 aliphatic carbocycles. The Morgan fingerprint density at radius 3 is 3.07 bits per heavy atom. The van der Waals surface area contributed by atoms with Gasteiger partial charge in [-0.1, -0.05) is 0 Å². The second-order valence-electron chi connectivity index (χ2n) is 4.22. The van der Waals surface area contributed by atoms with Crippen LogP contribution in [0.5, 0.6) is 0 Å². The van der Waals surface area contributed by atoms with Crippen LogP contribution in [0.1, 0.15) is 12.0 Å². The summed E-state index contributed by atoms with van der Waals surface area (Å²) in [7, 11) is 2.16. The van der Waals surface area contributed by atoms with Gasteiger partial charge in [-0.2, -0.15) is 11.8 Å². The lowest BCUT2D eigenvalue weighted by Gasteiger charge is -2.37. The molecule has 0 radical (unpaired) electrons. The summed E-state index contributed by atoms with van der Waals surface area (Å²) in [4.78, 5) is 2.37. The van der Waals surface area contributed by atoms with Crippen LogP contribution in [-0.4, -0.2) is 35.5 Å². The fraction of sp³-hybridized carbons (Fsp3) is 0.636. The predicted octanol–water partition coefficient (Wildman–Crippen LogP) is 1.55. The van der Waals surface area contributed by atoms with E-state index in [9.17, 15) is 0 Å². The molecule has 0 saturated carbocycles. The molecule has 2 heterocycles. The third kappa shape index (κ3) is 2.22. The smallest absolute Gasteiger partial charge is 0.0947 e. The highest BCUT2D eigenvalue weighted by Gasteiger charge is 2.36. The van der Waals surface area contributed by atoms with Gasteiger partial charge >= 0.3 is 0 Å². The van der Waals surface area contributed by atoms with Crippen LogP contribution in [0.25, 0.3) is 0 Å². The molecular weight excluding hydrogens is 208 g/mol. The summed E-state index contributed by atoms with van der Waals surface area (Å²) >= 11 is 2.00. The van der Waals surface area contributed by atoms with Crippen LogP contribution >= 0.6 is 11.8 Å². The minimum absolute atomic E-state index is 0.196. The number of likely N-dealkylation sites (N-methyl/N-ethyl adjacent to an activating group) is 1. The number of nitrogens with two attached hydrogens (primary N) is 1. The average molecular weight is 226 g/mol. The zero-order valence-corrected chi connectivity index (χ0v) is 9.93. The number of hydrogen-bond acceptors (Lipinski definition) is 4. The van der Waals surface area contributed by atoms with Gasteiger partial charge in [0.05, 0.1) is 12.5 Å². The first-order valence-corrected chi connectivity index (χ1v) is 6.42. The first kappa shape index (κ1) is 11.0. The van der Waals surface area contributed by atoms with Crippen molar-refractivity contribution in [2.75, 3.05) is 25.1 Å². The van der Waals surface area contributed by atoms with E-state index in [1.807, 2.05) is 24.1 Å². The maximum Gasteiger partial charge on any atom is 0.0947 e. The predicted molar refractivity (Wildman–Crippen MR) is 63.9 cm³/mol. The monoisotopic (exact) mass is 226 g/mol. The van der Waals surface area contributed by atoms with Gasteiger partial charge in [0.2, 0.25) is 0 Å². The van der Waals surface area contributed by atoms with Crippen LogP contribution in [0, 0.1) is 0 Å². The molecule has 0 spiro atoms. The van der Waals surface area contributed by atoms with E-state index in [1.54, 1.807) is 6.26 Å². The fourth-order valence-electron chi connectivity index (χ4n) is 2.04. The van der Waals surface area contributed by atoms with Crippen molar-refractivity contribution in [1.82, 2.24) is 4.90 Å². The lowest BCUT2D eigenvalue weighted by molar-refractivity contribution is 0.143. The van der Waals surface area contributed by atoms with Gasteiger partial charge in [0, 0.05) is 29.9 Å². The molecule has 1 unspecified atom stereocenters. The highest BCUT2D eigenvalue weighted by atomic mass is 32.2. The van der Waals surface area contributed by atoms with E-state index in [-0.39, 0.29) is 5.54 Å². The molecule has 1 aromatic heterocycles. The highest BCUT2D eigenvalue weighted by molar-refractivity contribution is 7.99. The molecule has 15 heavy (non-hydrogen) atoms. The zero-order valence-electron chi connectivity index (χ0n) is 9.11. The first-order chi connectivity index (χ1) is 7.27. The summed E-state index contributed by atoms with van der Waals surface area (Å²) in [5.74, 6) is 2.38. The minimum Gasteiger partial charge on any atom is -0.472 e. The molecule has 1 saturated heterocycles. The zero-order chi connectivity index (χ0) is 10.7. The van der Waals surface area contributed by atoms with Crippen molar-refractivity contribution in [2.45, 2.75) is 18.5 Å². The summed E-state index contributed by atoms with van der Waals surface area (Å²) < 4.78 is 5.08. The van der Waals surface area contributed by atoms with Crippen LogP contribution in [0.4, 0.5) is 0 Å². The SMILES string of the molecule is CN(Cc1ccoc1)C1(CN)CCSC1. The number of rotatable bonds is 4. The maximum atomic E-state index is 5.92. The minimum atomic E-state index is 0.196. The van der Waals surface area contributed by atoms with E-state index in [0.717, 1.165) is 18.8 Å². The third-order valence-corrected chi connectivity index (χ3v) is 4.51. The van der Waals surface area contributed by atoms with E-state index in [4.69, 9.17) is 10.2 Å². The van der Waals surface area contributed by atoms with Crippen molar-refractivity contribution in [3.8, 4) is 0 Å². The molecule has 3 nitrogen and oxygen atoms in total. The number of nitrogens with zero attached hydrogens (tertiary/aromatic N) is 1. The number of furan rings is 1. The Labute approximate surface area is 95.0 Å². The van der Waals surface area contributed by atoms with Crippen molar-refractivity contribution in [3.63, 3.8) is 0 Å². The molecule has 2 N–H and O–H groups in total. The van der Waals surface area contributed by atoms with Crippen LogP contribution < -0.4 is 5.73 Å². The fourth-order valence-corrected chi connectivity index (χ4v) is 3.57. The lowest BCUT2D eigenvalue weighted by atomic mass is 9.97. The van der Waals surface area contributed by atoms with Gasteiger partial charge < -0.3 is 10.2 Å². The Morgan fingerprint density at radius 2 is 2.53 bits per heavy atom. The van der Waals surface area contributed by atoms with E-state index in [0.29, 0.717) is 0 Å². The first-order valence-electron chi connectivity index (χ1n) is 5.27. The molecule has 1 aromatic rings. The summed E-state index contributed by atoms with van der Waals surface area (Å²) in [6.45, 7) is 1.67. The van der Waals surface area contributed by atoms with Gasteiger partial charge in [-0.25, -0.2) is 0 Å². The second kappa shape index (κ2) is 4.60. The maximum absolute atomic E-state index is 5.92. The summed E-state index contributed by atoms with van der Waals surface area (Å²) in [6, 6.07) is 2.02. The normalized spacial score (nSPS) is 26.3. The van der Waals surface area contributed by atoms with Crippen LogP contribution in [0.15, 0.2) is 23.0 Å². The highest BCUT2D eigenvalue weighted by Crippen LogP contribution is 2.32. The summed E-state index contributed by atoms with van der Waals surface area (Å²) in [6.07, 6.45) is 4.73. The Bertz CT molecular complexity index is 294. The van der Waals surface area contributed by atoms with Gasteiger partial charge in [0.25, 0.3) is 0 Å². The van der Waals surface area contributed by atoms with Crippen molar-refractivity contribution in [2.24, 2.45) is 5.73 Å². The van der Waals surface area contributed by atoms with E-state index in [2.05, 4.69) is 11.9 Å². The van der Waals surface area contributed by atoms with Crippen molar-refractivity contribution >= 4 is 11.8 Å². The van der Waals surface area contributed by atoms with Crippen molar-refractivity contribution in [1.29, 1.82) is 0 Å². The van der Waals surface area contributed by atoms with Gasteiger partial charge in [-0.05, 0) is 25.3 Å². The van der Waals surface area contributed by atoms with E-state index >= 15 is 0 Å². The third-order valence-electron chi connectivity index (χ3n) is 3.27. The van der Waals surface area contributed by atoms with E-state index < -0.39 is 0 Å². The molecule has 0 amide bonds. The van der Waals surface area contributed by atoms with Crippen LogP contribution in [-0.2, 0) is 6.54 Å². The average Bonchev–Trinajstić information content (AvgIpc) is 2.87. The molecule has 2 rings (SSSR count). The molecule has 1 aliphatic rings. The molecule has 1 fully saturated rings. The second-order valence-corrected chi connectivity index (χ2v) is 5.32. The molecule has 0 aromatic carbocycles. The molecule has 0 bridgehead atoms. The quantitative estimate of drug-likeness (QED) is 0.846. The van der Waals surface area contributed by atoms with Crippen molar-refractivity contribution < 1.29 is 4.42 Å². The van der Waals surface area contributed by atoms with Gasteiger partial charge in [0.1, 0.15) is 0 Å². The lowest BCUT2D eigenvalue weighted by Crippen LogP contribution is -2.51. The van der Waals surface area contributed by atoms with E-state index in [1.165, 1.54) is 17.7 Å². The molecule has 4 heteroatoms. The summed E-state index contributed by atoms with van der Waals surface area (Å²) in [5, 5.41) is 0. The Morgan fingerprint density at radius 1 is 1.67 bits per heavy atom. The van der Waals surface area contributed by atoms with Gasteiger partial charge in [0.15, 0.2) is 0 Å². The number of thioether (sulfide) groups is 1. The Balaban J connectivity index is 2.02. The van der Waals surface area contributed by atoms with Crippen LogP contribution in [0.3, 0.4) is 0 Å². The Hall–Kier alpha value is -0.450.